The van der Waals surface area contributed by atoms with Gasteiger partial charge in [-0.2, -0.15) is 0 Å². The average molecular weight is 376 g/mol. The Morgan fingerprint density at radius 2 is 1.25 bits per heavy atom. The Bertz CT molecular complexity index is 814. The third kappa shape index (κ3) is 4.26. The van der Waals surface area contributed by atoms with Crippen LogP contribution in [0.15, 0.2) is 66.1 Å². The van der Waals surface area contributed by atoms with Crippen LogP contribution in [-0.2, 0) is 15.7 Å². The first-order valence-corrected chi connectivity index (χ1v) is 10.2. The highest BCUT2D eigenvalue weighted by Gasteiger charge is 2.53. The third-order valence-corrected chi connectivity index (χ3v) is 5.91. The number of hydrogen-bond acceptors (Lipinski definition) is 2. The van der Waals surface area contributed by atoms with Crippen LogP contribution in [0, 0.1) is 5.41 Å². The molecule has 0 N–H and O–H groups in total. The van der Waals surface area contributed by atoms with Gasteiger partial charge in [-0.3, -0.25) is 0 Å². The molecule has 0 unspecified atom stereocenters. The van der Waals surface area contributed by atoms with E-state index in [2.05, 4.69) is 109 Å². The molecule has 1 saturated heterocycles. The summed E-state index contributed by atoms with van der Waals surface area (Å²) in [7, 11) is -0.361. The van der Waals surface area contributed by atoms with E-state index in [1.807, 2.05) is 0 Å². The van der Waals surface area contributed by atoms with Gasteiger partial charge in [0.2, 0.25) is 0 Å². The van der Waals surface area contributed by atoms with Crippen LogP contribution >= 0.6 is 0 Å². The number of benzene rings is 2. The van der Waals surface area contributed by atoms with Crippen LogP contribution in [0.3, 0.4) is 0 Å². The van der Waals surface area contributed by atoms with E-state index >= 15 is 0 Å². The van der Waals surface area contributed by atoms with Gasteiger partial charge in [-0.05, 0) is 61.7 Å². The zero-order valence-electron chi connectivity index (χ0n) is 18.4. The Morgan fingerprint density at radius 3 is 1.71 bits per heavy atom. The Morgan fingerprint density at radius 1 is 0.786 bits per heavy atom. The van der Waals surface area contributed by atoms with Crippen molar-refractivity contribution < 1.29 is 9.31 Å². The van der Waals surface area contributed by atoms with E-state index in [0.29, 0.717) is 0 Å². The van der Waals surface area contributed by atoms with Gasteiger partial charge in [0.1, 0.15) is 0 Å². The van der Waals surface area contributed by atoms with Crippen molar-refractivity contribution in [2.24, 2.45) is 5.41 Å². The minimum absolute atomic E-state index is 0.0466. The van der Waals surface area contributed by atoms with Crippen molar-refractivity contribution in [2.75, 3.05) is 0 Å². The molecule has 2 nitrogen and oxygen atoms in total. The lowest BCUT2D eigenvalue weighted by molar-refractivity contribution is 0.00578. The fourth-order valence-electron chi connectivity index (χ4n) is 3.80. The van der Waals surface area contributed by atoms with Crippen LogP contribution in [0.25, 0.3) is 5.57 Å². The maximum Gasteiger partial charge on any atom is 0.491 e. The van der Waals surface area contributed by atoms with Crippen molar-refractivity contribution in [1.29, 1.82) is 0 Å². The molecule has 0 aromatic heterocycles. The lowest BCUT2D eigenvalue weighted by Gasteiger charge is -2.32. The van der Waals surface area contributed by atoms with Gasteiger partial charge in [0.05, 0.1) is 11.2 Å². The highest BCUT2D eigenvalue weighted by atomic mass is 16.7. The summed E-state index contributed by atoms with van der Waals surface area (Å²) in [6, 6.07) is 21.3. The molecule has 3 heteroatoms. The van der Waals surface area contributed by atoms with E-state index in [1.54, 1.807) is 0 Å². The normalized spacial score (nSPS) is 19.5. The van der Waals surface area contributed by atoms with E-state index < -0.39 is 0 Å². The molecule has 0 aliphatic carbocycles. The molecule has 1 aliphatic rings. The van der Waals surface area contributed by atoms with Crippen LogP contribution in [-0.4, -0.2) is 18.3 Å². The quantitative estimate of drug-likeness (QED) is 0.578. The van der Waals surface area contributed by atoms with E-state index in [0.717, 1.165) is 6.42 Å². The molecular formula is C25H33BO2. The van der Waals surface area contributed by atoms with Crippen molar-refractivity contribution in [1.82, 2.24) is 0 Å². The summed E-state index contributed by atoms with van der Waals surface area (Å²) in [4.78, 5) is 0. The molecule has 1 heterocycles. The monoisotopic (exact) mass is 376 g/mol. The van der Waals surface area contributed by atoms with Gasteiger partial charge in [0.15, 0.2) is 0 Å². The van der Waals surface area contributed by atoms with Crippen molar-refractivity contribution >= 4 is 12.7 Å². The van der Waals surface area contributed by atoms with E-state index in [4.69, 9.17) is 9.31 Å². The molecule has 2 aromatic rings. The fraction of sp³-hybridized carbons (Fsp3) is 0.440. The maximum atomic E-state index is 6.52. The molecule has 0 atom stereocenters. The summed E-state index contributed by atoms with van der Waals surface area (Å²) in [5.74, 6) is 0. The van der Waals surface area contributed by atoms with Gasteiger partial charge in [0, 0.05) is 0 Å². The van der Waals surface area contributed by atoms with Gasteiger partial charge in [-0.25, -0.2) is 0 Å². The summed E-state index contributed by atoms with van der Waals surface area (Å²) in [5.41, 5.74) is 4.24. The molecule has 3 rings (SSSR count). The number of rotatable bonds is 4. The molecule has 1 fully saturated rings. The molecule has 0 amide bonds. The largest absolute Gasteiger partial charge is 0.491 e. The molecule has 28 heavy (non-hydrogen) atoms. The first kappa shape index (κ1) is 20.9. The van der Waals surface area contributed by atoms with Crippen LogP contribution in [0.4, 0.5) is 0 Å². The molecule has 0 saturated carbocycles. The van der Waals surface area contributed by atoms with E-state index in [-0.39, 0.29) is 23.7 Å². The smallest absolute Gasteiger partial charge is 0.400 e. The van der Waals surface area contributed by atoms with Crippen molar-refractivity contribution in [2.45, 2.75) is 66.1 Å². The summed E-state index contributed by atoms with van der Waals surface area (Å²) < 4.78 is 13.0. The Labute approximate surface area is 171 Å². The second-order valence-electron chi connectivity index (χ2n) is 9.77. The van der Waals surface area contributed by atoms with Crippen LogP contribution < -0.4 is 0 Å². The van der Waals surface area contributed by atoms with Gasteiger partial charge >= 0.3 is 7.12 Å². The Kier molecular flexibility index (Phi) is 5.62. The second kappa shape index (κ2) is 7.53. The average Bonchev–Trinajstić information content (AvgIpc) is 2.82. The molecule has 1 aliphatic heterocycles. The van der Waals surface area contributed by atoms with Crippen LogP contribution in [0.1, 0.15) is 59.6 Å². The highest BCUT2D eigenvalue weighted by Crippen LogP contribution is 2.44. The lowest BCUT2D eigenvalue weighted by atomic mass is 9.65. The predicted octanol–water partition coefficient (Wildman–Crippen LogP) is 6.36. The zero-order chi connectivity index (χ0) is 20.6. The van der Waals surface area contributed by atoms with Crippen molar-refractivity contribution in [3.05, 3.63) is 77.3 Å². The van der Waals surface area contributed by atoms with Gasteiger partial charge in [0.25, 0.3) is 0 Å². The highest BCUT2D eigenvalue weighted by molar-refractivity contribution is 6.56. The first-order chi connectivity index (χ1) is 13.0. The minimum Gasteiger partial charge on any atom is -0.400 e. The molecule has 0 spiro atoms. The topological polar surface area (TPSA) is 18.5 Å². The lowest BCUT2D eigenvalue weighted by Crippen LogP contribution is -2.41. The molecule has 0 bridgehead atoms. The number of allylic oxidation sites excluding steroid dienone is 2. The predicted molar refractivity (Wildman–Crippen MR) is 119 cm³/mol. The number of hydrogen-bond donors (Lipinski definition) is 0. The second-order valence-corrected chi connectivity index (χ2v) is 9.77. The van der Waals surface area contributed by atoms with Gasteiger partial charge < -0.3 is 9.31 Å². The third-order valence-electron chi connectivity index (χ3n) is 5.91. The van der Waals surface area contributed by atoms with Crippen molar-refractivity contribution in [3.63, 3.8) is 0 Å². The standard InChI is InChI=1S/C25H33BO2/c1-23(2,3)22(20-16-12-9-13-17-20)21(18-19-14-10-8-11-15-19)26-27-24(4,5)25(6,7)28-26/h8-17H,18H2,1-7H3/b22-21+. The molecule has 0 radical (unpaired) electrons. The Hall–Kier alpha value is -1.84. The van der Waals surface area contributed by atoms with Crippen molar-refractivity contribution in [3.8, 4) is 0 Å². The van der Waals surface area contributed by atoms with Crippen LogP contribution in [0.5, 0.6) is 0 Å². The minimum atomic E-state index is -0.362. The Balaban J connectivity index is 2.18. The van der Waals surface area contributed by atoms with Gasteiger partial charge in [-0.1, -0.05) is 81.4 Å². The zero-order valence-corrected chi connectivity index (χ0v) is 18.4. The molecular weight excluding hydrogens is 343 g/mol. The fourth-order valence-corrected chi connectivity index (χ4v) is 3.80. The SMILES string of the molecule is CC(C)(C)/C(=C(\Cc1ccccc1)B1OC(C)(C)C(C)(C)O1)c1ccccc1. The molecule has 148 valence electrons. The van der Waals surface area contributed by atoms with Crippen LogP contribution in [0.2, 0.25) is 0 Å². The first-order valence-electron chi connectivity index (χ1n) is 10.2. The summed E-state index contributed by atoms with van der Waals surface area (Å²) >= 11 is 0. The summed E-state index contributed by atoms with van der Waals surface area (Å²) in [5, 5.41) is 0. The van der Waals surface area contributed by atoms with E-state index in [9.17, 15) is 0 Å². The maximum absolute atomic E-state index is 6.52. The molecule has 2 aromatic carbocycles. The summed E-state index contributed by atoms with van der Waals surface area (Å²) in [6.07, 6.45) is 0.805. The van der Waals surface area contributed by atoms with E-state index in [1.165, 1.54) is 22.2 Å². The summed E-state index contributed by atoms with van der Waals surface area (Å²) in [6.45, 7) is 15.3. The van der Waals surface area contributed by atoms with Gasteiger partial charge in [-0.15, -0.1) is 0 Å².